The van der Waals surface area contributed by atoms with Crippen molar-refractivity contribution in [1.82, 2.24) is 5.32 Å². The Balaban J connectivity index is 2.07. The summed E-state index contributed by atoms with van der Waals surface area (Å²) in [7, 11) is -2.50. The van der Waals surface area contributed by atoms with Gasteiger partial charge in [0.05, 0.1) is 0 Å². The lowest BCUT2D eigenvalue weighted by Gasteiger charge is -2.30. The largest absolute Gasteiger partial charge is 0.295 e. The highest BCUT2D eigenvalue weighted by Crippen LogP contribution is 2.63. The fraction of sp³-hybridized carbons (Fsp3) is 0.0357. The van der Waals surface area contributed by atoms with Crippen molar-refractivity contribution in [1.29, 1.82) is 0 Å². The topological polar surface area (TPSA) is 29.1 Å². The van der Waals surface area contributed by atoms with Crippen LogP contribution in [0.1, 0.15) is 6.92 Å². The SMILES string of the molecule is CC(=O)N/C(=C(/S)Sc1ccc(Cl)cc1)[P+](c1ccccc1)(c1ccccc1)c1ccccc1. The maximum atomic E-state index is 12.6. The average Bonchev–Trinajstić information content (AvgIpc) is 2.87. The van der Waals surface area contributed by atoms with E-state index in [0.717, 1.165) is 30.5 Å². The number of thiol groups is 1. The molecular formula is C28H24ClNOPS2+. The molecule has 0 aromatic heterocycles. The summed E-state index contributed by atoms with van der Waals surface area (Å²) in [5, 5.41) is 7.31. The van der Waals surface area contributed by atoms with Crippen LogP contribution >= 0.6 is 43.3 Å². The lowest BCUT2D eigenvalue weighted by atomic mass is 10.4. The molecule has 0 atom stereocenters. The van der Waals surface area contributed by atoms with Crippen molar-refractivity contribution in [3.8, 4) is 0 Å². The number of thioether (sulfide) groups is 1. The predicted molar refractivity (Wildman–Crippen MR) is 152 cm³/mol. The van der Waals surface area contributed by atoms with Crippen LogP contribution in [-0.2, 0) is 4.79 Å². The molecule has 34 heavy (non-hydrogen) atoms. The standard InChI is InChI=1S/C28H23ClNOPS2/c1-21(31)30-27(28(33)34-26-19-17-22(29)18-20-26)32(23-11-5-2-6-12-23,24-13-7-3-8-14-24)25-15-9-4-10-16-25/h2-20H,1H3,(H-,30,31,33)/p+1/b28-27+. The highest BCUT2D eigenvalue weighted by molar-refractivity contribution is 8.16. The lowest BCUT2D eigenvalue weighted by Crippen LogP contribution is -2.38. The van der Waals surface area contributed by atoms with Crippen LogP contribution in [-0.4, -0.2) is 5.91 Å². The van der Waals surface area contributed by atoms with Crippen molar-refractivity contribution in [3.63, 3.8) is 0 Å². The first kappa shape index (κ1) is 24.6. The normalized spacial score (nSPS) is 12.1. The first-order chi connectivity index (χ1) is 16.5. The fourth-order valence-electron chi connectivity index (χ4n) is 3.90. The molecule has 0 radical (unpaired) electrons. The Morgan fingerprint density at radius 2 is 1.15 bits per heavy atom. The summed E-state index contributed by atoms with van der Waals surface area (Å²) >= 11 is 12.6. The van der Waals surface area contributed by atoms with Gasteiger partial charge in [0.2, 0.25) is 5.91 Å². The molecule has 0 heterocycles. The van der Waals surface area contributed by atoms with Gasteiger partial charge in [-0.2, -0.15) is 0 Å². The van der Waals surface area contributed by atoms with E-state index in [4.69, 9.17) is 24.2 Å². The number of nitrogens with one attached hydrogen (secondary N) is 1. The van der Waals surface area contributed by atoms with Gasteiger partial charge >= 0.3 is 0 Å². The molecule has 0 aliphatic carbocycles. The third-order valence-electron chi connectivity index (χ3n) is 5.29. The molecule has 6 heteroatoms. The van der Waals surface area contributed by atoms with Crippen molar-refractivity contribution in [2.24, 2.45) is 0 Å². The van der Waals surface area contributed by atoms with Gasteiger partial charge in [0, 0.05) is 16.8 Å². The first-order valence-electron chi connectivity index (χ1n) is 10.7. The number of rotatable bonds is 7. The third kappa shape index (κ3) is 5.26. The maximum absolute atomic E-state index is 12.6. The molecule has 0 aliphatic rings. The van der Waals surface area contributed by atoms with Gasteiger partial charge < -0.3 is 0 Å². The van der Waals surface area contributed by atoms with Crippen LogP contribution in [0.5, 0.6) is 0 Å². The number of hydrogen-bond donors (Lipinski definition) is 2. The smallest absolute Gasteiger partial charge is 0.223 e. The number of halogens is 1. The third-order valence-corrected chi connectivity index (χ3v) is 11.5. The van der Waals surface area contributed by atoms with Crippen LogP contribution in [0.2, 0.25) is 5.02 Å². The average molecular weight is 521 g/mol. The van der Waals surface area contributed by atoms with E-state index in [1.54, 1.807) is 6.92 Å². The molecule has 2 nitrogen and oxygen atoms in total. The summed E-state index contributed by atoms with van der Waals surface area (Å²) in [5.41, 5.74) is 0.812. The molecule has 0 fully saturated rings. The molecule has 0 saturated carbocycles. The van der Waals surface area contributed by atoms with E-state index in [9.17, 15) is 4.79 Å². The molecule has 0 aliphatic heterocycles. The van der Waals surface area contributed by atoms with E-state index < -0.39 is 7.26 Å². The molecule has 1 amide bonds. The number of amides is 1. The van der Waals surface area contributed by atoms with E-state index in [1.165, 1.54) is 11.8 Å². The molecular weight excluding hydrogens is 497 g/mol. The van der Waals surface area contributed by atoms with Gasteiger partial charge in [-0.3, -0.25) is 10.1 Å². The number of carbonyl (C=O) groups is 1. The Kier molecular flexibility index (Phi) is 8.18. The van der Waals surface area contributed by atoms with Crippen molar-refractivity contribution in [2.75, 3.05) is 0 Å². The monoisotopic (exact) mass is 520 g/mol. The van der Waals surface area contributed by atoms with Gasteiger partial charge in [-0.25, -0.2) is 0 Å². The second-order valence-electron chi connectivity index (χ2n) is 7.57. The molecule has 0 spiro atoms. The van der Waals surface area contributed by atoms with Crippen LogP contribution in [0, 0.1) is 0 Å². The Morgan fingerprint density at radius 3 is 1.53 bits per heavy atom. The van der Waals surface area contributed by atoms with Crippen LogP contribution in [0.4, 0.5) is 0 Å². The molecule has 4 aromatic rings. The minimum atomic E-state index is -2.50. The first-order valence-corrected chi connectivity index (χ1v) is 14.2. The molecule has 4 rings (SSSR count). The van der Waals surface area contributed by atoms with E-state index in [-0.39, 0.29) is 5.91 Å². The van der Waals surface area contributed by atoms with Crippen LogP contribution in [0.25, 0.3) is 0 Å². The zero-order valence-corrected chi connectivity index (χ0v) is 21.9. The van der Waals surface area contributed by atoms with Crippen molar-refractivity contribution in [3.05, 3.63) is 130 Å². The summed E-state index contributed by atoms with van der Waals surface area (Å²) in [6.07, 6.45) is 0. The highest BCUT2D eigenvalue weighted by Gasteiger charge is 2.51. The van der Waals surface area contributed by atoms with E-state index in [1.807, 2.05) is 78.9 Å². The minimum Gasteiger partial charge on any atom is -0.295 e. The zero-order chi connectivity index (χ0) is 24.0. The summed E-state index contributed by atoms with van der Waals surface area (Å²) < 4.78 is 0.738. The maximum Gasteiger partial charge on any atom is 0.223 e. The second-order valence-corrected chi connectivity index (χ2v) is 13.2. The highest BCUT2D eigenvalue weighted by atomic mass is 35.5. The Morgan fingerprint density at radius 1 is 0.735 bits per heavy atom. The number of benzene rings is 4. The molecule has 4 aromatic carbocycles. The van der Waals surface area contributed by atoms with E-state index in [2.05, 4.69) is 41.7 Å². The summed E-state index contributed by atoms with van der Waals surface area (Å²) in [5.74, 6) is -0.134. The molecule has 0 bridgehead atoms. The summed E-state index contributed by atoms with van der Waals surface area (Å²) in [6, 6.07) is 38.8. The summed E-state index contributed by atoms with van der Waals surface area (Å²) in [4.78, 5) is 13.6. The van der Waals surface area contributed by atoms with E-state index >= 15 is 0 Å². The van der Waals surface area contributed by atoms with E-state index in [0.29, 0.717) is 5.02 Å². The fourth-order valence-corrected chi connectivity index (χ4v) is 10.2. The Labute approximate surface area is 216 Å². The molecule has 170 valence electrons. The van der Waals surface area contributed by atoms with Gasteiger partial charge in [-0.1, -0.05) is 78.0 Å². The van der Waals surface area contributed by atoms with Crippen molar-refractivity contribution >= 4 is 65.1 Å². The van der Waals surface area contributed by atoms with Gasteiger partial charge in [-0.15, -0.1) is 12.6 Å². The van der Waals surface area contributed by atoms with Gasteiger partial charge in [0.25, 0.3) is 0 Å². The van der Waals surface area contributed by atoms with Crippen LogP contribution in [0.3, 0.4) is 0 Å². The number of hydrogen-bond acceptors (Lipinski definition) is 3. The quantitative estimate of drug-likeness (QED) is 0.163. The Bertz CT molecular complexity index is 1180. The van der Waals surface area contributed by atoms with Gasteiger partial charge in [-0.05, 0) is 60.7 Å². The molecule has 0 unspecified atom stereocenters. The Hall–Kier alpha value is -2.49. The van der Waals surface area contributed by atoms with Crippen LogP contribution in [0.15, 0.2) is 130 Å². The van der Waals surface area contributed by atoms with Gasteiger partial charge in [0.1, 0.15) is 20.2 Å². The number of carbonyl (C=O) groups excluding carboxylic acids is 1. The lowest BCUT2D eigenvalue weighted by molar-refractivity contribution is -0.118. The minimum absolute atomic E-state index is 0.134. The molecule has 0 saturated heterocycles. The molecule has 1 N–H and O–H groups in total. The van der Waals surface area contributed by atoms with Crippen LogP contribution < -0.4 is 21.2 Å². The second kappa shape index (κ2) is 11.3. The summed E-state index contributed by atoms with van der Waals surface area (Å²) in [6.45, 7) is 1.55. The van der Waals surface area contributed by atoms with Crippen molar-refractivity contribution in [2.45, 2.75) is 11.8 Å². The van der Waals surface area contributed by atoms with Crippen molar-refractivity contribution < 1.29 is 4.79 Å². The predicted octanol–water partition coefficient (Wildman–Crippen LogP) is 6.62. The van der Waals surface area contributed by atoms with Gasteiger partial charge in [0.15, 0.2) is 12.7 Å². The zero-order valence-electron chi connectivity index (χ0n) is 18.6.